The van der Waals surface area contributed by atoms with Crippen molar-refractivity contribution in [1.29, 1.82) is 0 Å². The highest BCUT2D eigenvalue weighted by Gasteiger charge is 2.13. The third-order valence-electron chi connectivity index (χ3n) is 2.98. The molecular weight excluding hydrogens is 224 g/mol. The summed E-state index contributed by atoms with van der Waals surface area (Å²) in [5.74, 6) is 0.665. The molecule has 0 saturated carbocycles. The van der Waals surface area contributed by atoms with E-state index in [0.29, 0.717) is 12.5 Å². The smallest absolute Gasteiger partial charge is 0.235 e. The number of aliphatic imine (C=N–C) groups is 1. The van der Waals surface area contributed by atoms with E-state index in [1.54, 1.807) is 0 Å². The average Bonchev–Trinajstić information content (AvgIpc) is 2.93. The molecule has 0 saturated heterocycles. The van der Waals surface area contributed by atoms with Crippen LogP contribution in [-0.2, 0) is 4.74 Å². The number of ether oxygens (including phenoxy) is 1. The molecule has 0 unspecified atom stereocenters. The molecule has 1 aromatic heterocycles. The predicted molar refractivity (Wildman–Crippen MR) is 71.8 cm³/mol. The molecule has 0 fully saturated rings. The van der Waals surface area contributed by atoms with Crippen LogP contribution >= 0.6 is 0 Å². The van der Waals surface area contributed by atoms with E-state index in [4.69, 9.17) is 4.74 Å². The van der Waals surface area contributed by atoms with Gasteiger partial charge in [-0.3, -0.25) is 0 Å². The van der Waals surface area contributed by atoms with Gasteiger partial charge in [0.2, 0.25) is 5.90 Å². The predicted octanol–water partition coefficient (Wildman–Crippen LogP) is 2.83. The topological polar surface area (TPSA) is 34.5 Å². The van der Waals surface area contributed by atoms with Crippen molar-refractivity contribution in [1.82, 2.24) is 4.98 Å². The Morgan fingerprint density at radius 3 is 2.56 bits per heavy atom. The Morgan fingerprint density at radius 1 is 1.06 bits per heavy atom. The van der Waals surface area contributed by atoms with Crippen LogP contribution in [0.1, 0.15) is 11.4 Å². The number of benzene rings is 1. The Bertz CT molecular complexity index is 591. The molecule has 3 rings (SSSR count). The lowest BCUT2D eigenvalue weighted by molar-refractivity contribution is 0.347. The van der Waals surface area contributed by atoms with E-state index < -0.39 is 0 Å². The molecule has 2 heterocycles. The Morgan fingerprint density at radius 2 is 1.89 bits per heavy atom. The van der Waals surface area contributed by atoms with Crippen LogP contribution in [0.25, 0.3) is 11.1 Å². The van der Waals surface area contributed by atoms with E-state index in [1.165, 1.54) is 5.56 Å². The van der Waals surface area contributed by atoms with Crippen molar-refractivity contribution < 1.29 is 4.74 Å². The molecule has 2 aromatic rings. The van der Waals surface area contributed by atoms with Gasteiger partial charge in [0.15, 0.2) is 0 Å². The first kappa shape index (κ1) is 11.0. The maximum atomic E-state index is 5.43. The summed E-state index contributed by atoms with van der Waals surface area (Å²) in [6.45, 7) is 3.41. The number of aryl methyl sites for hydroxylation is 1. The van der Waals surface area contributed by atoms with E-state index in [1.807, 2.05) is 31.2 Å². The van der Waals surface area contributed by atoms with Crippen LogP contribution in [0.5, 0.6) is 0 Å². The Labute approximate surface area is 106 Å². The van der Waals surface area contributed by atoms with Gasteiger partial charge in [0, 0.05) is 11.3 Å². The van der Waals surface area contributed by atoms with Crippen molar-refractivity contribution in [3.8, 4) is 11.1 Å². The normalized spacial score (nSPS) is 14.2. The number of hydrogen-bond acceptors (Lipinski definition) is 3. The van der Waals surface area contributed by atoms with Gasteiger partial charge in [0.05, 0.1) is 6.54 Å². The minimum Gasteiger partial charge on any atom is -0.474 e. The summed E-state index contributed by atoms with van der Waals surface area (Å²) in [4.78, 5) is 8.86. The average molecular weight is 238 g/mol. The minimum absolute atomic E-state index is 0.663. The van der Waals surface area contributed by atoms with Gasteiger partial charge in [-0.15, -0.1) is 0 Å². The van der Waals surface area contributed by atoms with Crippen LogP contribution in [0.15, 0.2) is 47.5 Å². The van der Waals surface area contributed by atoms with Gasteiger partial charge in [0.25, 0.3) is 0 Å². The largest absolute Gasteiger partial charge is 0.474 e. The molecule has 18 heavy (non-hydrogen) atoms. The van der Waals surface area contributed by atoms with E-state index >= 15 is 0 Å². The van der Waals surface area contributed by atoms with Crippen molar-refractivity contribution in [2.45, 2.75) is 6.92 Å². The zero-order valence-corrected chi connectivity index (χ0v) is 10.3. The van der Waals surface area contributed by atoms with Crippen molar-refractivity contribution >= 4 is 5.90 Å². The molecule has 1 aliphatic rings. The fraction of sp³-hybridized carbons (Fsp3) is 0.200. The highest BCUT2D eigenvalue weighted by atomic mass is 16.5. The number of pyridine rings is 1. The molecule has 1 aliphatic heterocycles. The summed E-state index contributed by atoms with van der Waals surface area (Å²) in [5, 5.41) is 0. The third kappa shape index (κ3) is 1.99. The SMILES string of the molecule is Cc1nc(C2=NCCO2)ccc1-c1ccccc1. The zero-order chi connectivity index (χ0) is 12.4. The van der Waals surface area contributed by atoms with Gasteiger partial charge in [-0.05, 0) is 18.6 Å². The van der Waals surface area contributed by atoms with Crippen LogP contribution in [-0.4, -0.2) is 24.0 Å². The van der Waals surface area contributed by atoms with E-state index in [-0.39, 0.29) is 0 Å². The molecule has 0 N–H and O–H groups in total. The second kappa shape index (κ2) is 4.61. The molecule has 3 heteroatoms. The summed E-state index contributed by atoms with van der Waals surface area (Å²) in [5.41, 5.74) is 4.16. The number of nitrogens with zero attached hydrogens (tertiary/aromatic N) is 2. The van der Waals surface area contributed by atoms with Crippen LogP contribution < -0.4 is 0 Å². The van der Waals surface area contributed by atoms with Crippen molar-refractivity contribution in [3.05, 3.63) is 53.9 Å². The van der Waals surface area contributed by atoms with Gasteiger partial charge in [-0.2, -0.15) is 0 Å². The Hall–Kier alpha value is -2.16. The van der Waals surface area contributed by atoms with Crippen LogP contribution in [0.2, 0.25) is 0 Å². The summed E-state index contributed by atoms with van der Waals surface area (Å²) in [6.07, 6.45) is 0. The van der Waals surface area contributed by atoms with Gasteiger partial charge >= 0.3 is 0 Å². The van der Waals surface area contributed by atoms with Crippen molar-refractivity contribution in [2.24, 2.45) is 4.99 Å². The summed E-state index contributed by atoms with van der Waals surface area (Å²) in [7, 11) is 0. The highest BCUT2D eigenvalue weighted by molar-refractivity contribution is 5.93. The van der Waals surface area contributed by atoms with E-state index in [0.717, 1.165) is 23.5 Å². The first-order valence-corrected chi connectivity index (χ1v) is 6.05. The molecule has 0 spiro atoms. The maximum Gasteiger partial charge on any atom is 0.235 e. The first-order valence-electron chi connectivity index (χ1n) is 6.05. The molecule has 1 aromatic carbocycles. The standard InChI is InChI=1S/C15H14N2O/c1-11-13(12-5-3-2-4-6-12)7-8-14(17-11)15-16-9-10-18-15/h2-8H,9-10H2,1H3. The highest BCUT2D eigenvalue weighted by Crippen LogP contribution is 2.22. The molecule has 0 atom stereocenters. The Kier molecular flexibility index (Phi) is 2.81. The first-order chi connectivity index (χ1) is 8.84. The Balaban J connectivity index is 1.99. The van der Waals surface area contributed by atoms with Gasteiger partial charge in [-0.1, -0.05) is 36.4 Å². The lowest BCUT2D eigenvalue weighted by Gasteiger charge is -2.07. The third-order valence-corrected chi connectivity index (χ3v) is 2.98. The van der Waals surface area contributed by atoms with Crippen molar-refractivity contribution in [3.63, 3.8) is 0 Å². The summed E-state index contributed by atoms with van der Waals surface area (Å²) < 4.78 is 5.43. The number of hydrogen-bond donors (Lipinski definition) is 0. The molecule has 0 bridgehead atoms. The van der Waals surface area contributed by atoms with Crippen LogP contribution in [0, 0.1) is 6.92 Å². The maximum absolute atomic E-state index is 5.43. The molecule has 0 radical (unpaired) electrons. The monoisotopic (exact) mass is 238 g/mol. The van der Waals surface area contributed by atoms with Crippen molar-refractivity contribution in [2.75, 3.05) is 13.2 Å². The van der Waals surface area contributed by atoms with Crippen LogP contribution in [0.4, 0.5) is 0 Å². The van der Waals surface area contributed by atoms with E-state index in [9.17, 15) is 0 Å². The molecule has 0 amide bonds. The lowest BCUT2D eigenvalue weighted by atomic mass is 10.0. The fourth-order valence-electron chi connectivity index (χ4n) is 2.09. The summed E-state index contributed by atoms with van der Waals surface area (Å²) in [6, 6.07) is 14.3. The quantitative estimate of drug-likeness (QED) is 0.806. The molecular formula is C15H14N2O. The van der Waals surface area contributed by atoms with Gasteiger partial charge in [-0.25, -0.2) is 9.98 Å². The van der Waals surface area contributed by atoms with E-state index in [2.05, 4.69) is 28.2 Å². The van der Waals surface area contributed by atoms with Crippen LogP contribution in [0.3, 0.4) is 0 Å². The minimum atomic E-state index is 0.663. The zero-order valence-electron chi connectivity index (χ0n) is 10.3. The second-order valence-electron chi connectivity index (χ2n) is 4.23. The van der Waals surface area contributed by atoms with Gasteiger partial charge < -0.3 is 4.74 Å². The molecule has 0 aliphatic carbocycles. The molecule has 3 nitrogen and oxygen atoms in total. The number of rotatable bonds is 2. The molecule has 90 valence electrons. The lowest BCUT2D eigenvalue weighted by Crippen LogP contribution is -2.05. The van der Waals surface area contributed by atoms with Gasteiger partial charge in [0.1, 0.15) is 12.3 Å². The summed E-state index contributed by atoms with van der Waals surface area (Å²) >= 11 is 0. The fourth-order valence-corrected chi connectivity index (χ4v) is 2.09. The second-order valence-corrected chi connectivity index (χ2v) is 4.23. The number of aromatic nitrogens is 1.